The van der Waals surface area contributed by atoms with Crippen molar-refractivity contribution in [1.29, 1.82) is 0 Å². The van der Waals surface area contributed by atoms with E-state index in [-0.39, 0.29) is 0 Å². The minimum Gasteiger partial charge on any atom is -0.378 e. The average Bonchev–Trinajstić information content (AvgIpc) is 2.91. The summed E-state index contributed by atoms with van der Waals surface area (Å²) in [4.78, 5) is 4.48. The topological polar surface area (TPSA) is 34.1 Å². The first-order chi connectivity index (χ1) is 8.81. The quantitative estimate of drug-likeness (QED) is 0.840. The maximum atomic E-state index is 5.76. The Hall–Kier alpha value is -0.930. The second-order valence-electron chi connectivity index (χ2n) is 5.08. The molecule has 100 valence electrons. The molecule has 2 heterocycles. The molecule has 3 atom stereocenters. The number of nitrogens with zero attached hydrogens (tertiary/aromatic N) is 1. The zero-order valence-electron chi connectivity index (χ0n) is 11.4. The molecule has 0 radical (unpaired) electrons. The lowest BCUT2D eigenvalue weighted by atomic mass is 9.92. The van der Waals surface area contributed by atoms with Gasteiger partial charge in [0.1, 0.15) is 0 Å². The van der Waals surface area contributed by atoms with E-state index in [0.717, 1.165) is 19.6 Å². The van der Waals surface area contributed by atoms with Crippen molar-refractivity contribution in [2.45, 2.75) is 51.2 Å². The van der Waals surface area contributed by atoms with Crippen LogP contribution in [0.4, 0.5) is 0 Å². The zero-order valence-corrected chi connectivity index (χ0v) is 11.4. The van der Waals surface area contributed by atoms with E-state index in [1.165, 1.54) is 18.5 Å². The van der Waals surface area contributed by atoms with Gasteiger partial charge in [-0.25, -0.2) is 0 Å². The van der Waals surface area contributed by atoms with E-state index in [2.05, 4.69) is 36.3 Å². The molecule has 1 fully saturated rings. The minimum absolute atomic E-state index is 0.426. The summed E-state index contributed by atoms with van der Waals surface area (Å²) in [5.41, 5.74) is 1.17. The lowest BCUT2D eigenvalue weighted by Gasteiger charge is -2.26. The molecule has 0 aliphatic carbocycles. The van der Waals surface area contributed by atoms with Gasteiger partial charge in [-0.05, 0) is 37.9 Å². The highest BCUT2D eigenvalue weighted by Gasteiger charge is 2.25. The van der Waals surface area contributed by atoms with Crippen LogP contribution in [0.1, 0.15) is 44.7 Å². The van der Waals surface area contributed by atoms with Crippen LogP contribution in [0, 0.1) is 0 Å². The van der Waals surface area contributed by atoms with Crippen LogP contribution < -0.4 is 5.32 Å². The fourth-order valence-corrected chi connectivity index (χ4v) is 2.69. The maximum Gasteiger partial charge on any atom is 0.0591 e. The SMILES string of the molecule is CCNC(CC1CCCO1)C(C)c1ccccn1. The summed E-state index contributed by atoms with van der Waals surface area (Å²) in [7, 11) is 0. The molecule has 18 heavy (non-hydrogen) atoms. The second-order valence-corrected chi connectivity index (χ2v) is 5.08. The van der Waals surface area contributed by atoms with Crippen LogP contribution in [0.5, 0.6) is 0 Å². The standard InChI is InChI=1S/C15H24N2O/c1-3-16-15(11-13-7-6-10-18-13)12(2)14-8-4-5-9-17-14/h4-5,8-9,12-13,15-16H,3,6-7,10-11H2,1-2H3. The molecule has 2 rings (SSSR count). The predicted octanol–water partition coefficient (Wildman–Crippen LogP) is 2.73. The van der Waals surface area contributed by atoms with Gasteiger partial charge >= 0.3 is 0 Å². The van der Waals surface area contributed by atoms with Crippen molar-refractivity contribution >= 4 is 0 Å². The van der Waals surface area contributed by atoms with Gasteiger partial charge in [-0.3, -0.25) is 4.98 Å². The van der Waals surface area contributed by atoms with Crippen molar-refractivity contribution in [3.63, 3.8) is 0 Å². The Balaban J connectivity index is 1.99. The summed E-state index contributed by atoms with van der Waals surface area (Å²) < 4.78 is 5.76. The summed E-state index contributed by atoms with van der Waals surface area (Å²) in [5, 5.41) is 3.59. The van der Waals surface area contributed by atoms with Crippen LogP contribution in [0.15, 0.2) is 24.4 Å². The molecule has 0 aromatic carbocycles. The third kappa shape index (κ3) is 3.53. The lowest BCUT2D eigenvalue weighted by molar-refractivity contribution is 0.0920. The Kier molecular flexibility index (Phi) is 5.14. The molecule has 3 nitrogen and oxygen atoms in total. The Morgan fingerprint density at radius 1 is 1.50 bits per heavy atom. The molecule has 1 aromatic rings. The third-order valence-corrected chi connectivity index (χ3v) is 3.76. The van der Waals surface area contributed by atoms with E-state index >= 15 is 0 Å². The van der Waals surface area contributed by atoms with Crippen molar-refractivity contribution < 1.29 is 4.74 Å². The van der Waals surface area contributed by atoms with Crippen molar-refractivity contribution in [2.75, 3.05) is 13.2 Å². The van der Waals surface area contributed by atoms with Crippen LogP contribution in [0.2, 0.25) is 0 Å². The van der Waals surface area contributed by atoms with Gasteiger partial charge in [0, 0.05) is 30.5 Å². The normalized spacial score (nSPS) is 22.9. The van der Waals surface area contributed by atoms with E-state index < -0.39 is 0 Å². The van der Waals surface area contributed by atoms with Gasteiger partial charge in [-0.15, -0.1) is 0 Å². The van der Waals surface area contributed by atoms with E-state index in [1.807, 2.05) is 12.3 Å². The molecule has 3 heteroatoms. The van der Waals surface area contributed by atoms with Gasteiger partial charge in [-0.2, -0.15) is 0 Å². The maximum absolute atomic E-state index is 5.76. The first-order valence-corrected chi connectivity index (χ1v) is 7.07. The highest BCUT2D eigenvalue weighted by atomic mass is 16.5. The highest BCUT2D eigenvalue weighted by molar-refractivity contribution is 5.11. The predicted molar refractivity (Wildman–Crippen MR) is 73.7 cm³/mol. The lowest BCUT2D eigenvalue weighted by Crippen LogP contribution is -2.37. The first kappa shape index (κ1) is 13.5. The Morgan fingerprint density at radius 2 is 2.39 bits per heavy atom. The van der Waals surface area contributed by atoms with Crippen LogP contribution in [0.25, 0.3) is 0 Å². The molecule has 1 aliphatic rings. The van der Waals surface area contributed by atoms with E-state index in [0.29, 0.717) is 18.1 Å². The van der Waals surface area contributed by atoms with E-state index in [1.54, 1.807) is 0 Å². The number of aromatic nitrogens is 1. The van der Waals surface area contributed by atoms with Crippen molar-refractivity contribution in [3.05, 3.63) is 30.1 Å². The summed E-state index contributed by atoms with van der Waals surface area (Å²) >= 11 is 0. The summed E-state index contributed by atoms with van der Waals surface area (Å²) in [6.45, 7) is 6.34. The Labute approximate surface area is 110 Å². The van der Waals surface area contributed by atoms with E-state index in [4.69, 9.17) is 4.74 Å². The van der Waals surface area contributed by atoms with Crippen molar-refractivity contribution in [1.82, 2.24) is 10.3 Å². The molecule has 1 aromatic heterocycles. The first-order valence-electron chi connectivity index (χ1n) is 7.07. The monoisotopic (exact) mass is 248 g/mol. The number of likely N-dealkylation sites (N-methyl/N-ethyl adjacent to an activating group) is 1. The minimum atomic E-state index is 0.426. The largest absolute Gasteiger partial charge is 0.378 e. The molecule has 0 saturated carbocycles. The molecule has 3 unspecified atom stereocenters. The zero-order chi connectivity index (χ0) is 12.8. The number of pyridine rings is 1. The fraction of sp³-hybridized carbons (Fsp3) is 0.667. The number of nitrogens with one attached hydrogen (secondary N) is 1. The molecule has 1 N–H and O–H groups in total. The fourth-order valence-electron chi connectivity index (χ4n) is 2.69. The van der Waals surface area contributed by atoms with Crippen molar-refractivity contribution in [3.8, 4) is 0 Å². The number of ether oxygens (including phenoxy) is 1. The molecule has 1 aliphatic heterocycles. The molecule has 0 amide bonds. The Morgan fingerprint density at radius 3 is 3.00 bits per heavy atom. The van der Waals surface area contributed by atoms with Gasteiger partial charge in [0.15, 0.2) is 0 Å². The smallest absolute Gasteiger partial charge is 0.0591 e. The van der Waals surface area contributed by atoms with Gasteiger partial charge in [-0.1, -0.05) is 19.9 Å². The highest BCUT2D eigenvalue weighted by Crippen LogP contribution is 2.24. The molecular formula is C15H24N2O. The molecule has 0 bridgehead atoms. The molecule has 1 saturated heterocycles. The number of hydrogen-bond acceptors (Lipinski definition) is 3. The van der Waals surface area contributed by atoms with Crippen LogP contribution >= 0.6 is 0 Å². The van der Waals surface area contributed by atoms with E-state index in [9.17, 15) is 0 Å². The summed E-state index contributed by atoms with van der Waals surface area (Å²) in [6.07, 6.45) is 5.81. The van der Waals surface area contributed by atoms with Gasteiger partial charge in [0.05, 0.1) is 6.10 Å². The molecule has 0 spiro atoms. The average molecular weight is 248 g/mol. The second kappa shape index (κ2) is 6.86. The van der Waals surface area contributed by atoms with Gasteiger partial charge in [0.25, 0.3) is 0 Å². The van der Waals surface area contributed by atoms with Crippen LogP contribution in [0.3, 0.4) is 0 Å². The van der Waals surface area contributed by atoms with Crippen LogP contribution in [-0.2, 0) is 4.74 Å². The number of hydrogen-bond donors (Lipinski definition) is 1. The Bertz CT molecular complexity index is 336. The van der Waals surface area contributed by atoms with Crippen LogP contribution in [-0.4, -0.2) is 30.3 Å². The van der Waals surface area contributed by atoms with Gasteiger partial charge in [0.2, 0.25) is 0 Å². The van der Waals surface area contributed by atoms with Crippen molar-refractivity contribution in [2.24, 2.45) is 0 Å². The number of rotatable bonds is 6. The third-order valence-electron chi connectivity index (χ3n) is 3.76. The van der Waals surface area contributed by atoms with Gasteiger partial charge < -0.3 is 10.1 Å². The summed E-state index contributed by atoms with van der Waals surface area (Å²) in [5.74, 6) is 0.426. The summed E-state index contributed by atoms with van der Waals surface area (Å²) in [6, 6.07) is 6.60. The molecular weight excluding hydrogens is 224 g/mol.